The molecule has 0 spiro atoms. The molecule has 0 aliphatic carbocycles. The highest BCUT2D eigenvalue weighted by atomic mass is 32.2. The Balaban J connectivity index is 2.19. The van der Waals surface area contributed by atoms with Gasteiger partial charge in [-0.3, -0.25) is 4.79 Å². The zero-order valence-electron chi connectivity index (χ0n) is 17.6. The Morgan fingerprint density at radius 1 is 1.04 bits per heavy atom. The number of hydrogen-bond donors (Lipinski definition) is 1. The quantitative estimate of drug-likeness (QED) is 0.678. The molecule has 28 heavy (non-hydrogen) atoms. The summed E-state index contributed by atoms with van der Waals surface area (Å²) in [6.45, 7) is 10.7. The number of nitrogens with one attached hydrogen (secondary N) is 1. The van der Waals surface area contributed by atoms with Crippen molar-refractivity contribution in [1.29, 1.82) is 0 Å². The minimum atomic E-state index is -3.65. The van der Waals surface area contributed by atoms with E-state index >= 15 is 0 Å². The van der Waals surface area contributed by atoms with Crippen LogP contribution in [0.4, 0.5) is 5.69 Å². The Morgan fingerprint density at radius 2 is 1.61 bits per heavy atom. The predicted octanol–water partition coefficient (Wildman–Crippen LogP) is 3.41. The molecule has 0 radical (unpaired) electrons. The third-order valence-corrected chi connectivity index (χ3v) is 6.67. The highest BCUT2D eigenvalue weighted by Crippen LogP contribution is 2.26. The maximum Gasteiger partial charge on any atom is 0.245 e. The van der Waals surface area contributed by atoms with Crippen molar-refractivity contribution in [3.63, 3.8) is 0 Å². The molecule has 1 saturated heterocycles. The van der Waals surface area contributed by atoms with Gasteiger partial charge in [-0.15, -0.1) is 0 Å². The zero-order valence-corrected chi connectivity index (χ0v) is 18.5. The van der Waals surface area contributed by atoms with Crippen LogP contribution in [0.1, 0.15) is 47.0 Å². The molecule has 0 unspecified atom stereocenters. The van der Waals surface area contributed by atoms with Gasteiger partial charge in [0.05, 0.1) is 12.2 Å². The predicted molar refractivity (Wildman–Crippen MR) is 114 cm³/mol. The molecule has 1 aliphatic rings. The van der Waals surface area contributed by atoms with E-state index in [2.05, 4.69) is 5.32 Å². The van der Waals surface area contributed by atoms with Crippen LogP contribution in [0.2, 0.25) is 0 Å². The first-order valence-electron chi connectivity index (χ1n) is 10.3. The lowest BCUT2D eigenvalue weighted by Gasteiger charge is -2.28. The fraction of sp³-hybridized carbons (Fsp3) is 0.667. The molecule has 0 atom stereocenters. The van der Waals surface area contributed by atoms with Gasteiger partial charge in [0.15, 0.2) is 0 Å². The van der Waals surface area contributed by atoms with Gasteiger partial charge in [0.2, 0.25) is 15.9 Å². The van der Waals surface area contributed by atoms with E-state index < -0.39 is 10.0 Å². The van der Waals surface area contributed by atoms with Crippen LogP contribution in [0.25, 0.3) is 0 Å². The van der Waals surface area contributed by atoms with Gasteiger partial charge in [-0.1, -0.05) is 39.8 Å². The number of likely N-dealkylation sites (tertiary alicyclic amines) is 1. The normalized spacial score (nSPS) is 15.5. The summed E-state index contributed by atoms with van der Waals surface area (Å²) >= 11 is 0. The number of piperidine rings is 1. The van der Waals surface area contributed by atoms with Gasteiger partial charge in [-0.2, -0.15) is 4.31 Å². The summed E-state index contributed by atoms with van der Waals surface area (Å²) in [4.78, 5) is 14.6. The zero-order chi connectivity index (χ0) is 20.7. The summed E-state index contributed by atoms with van der Waals surface area (Å²) in [5.41, 5.74) is 0.491. The molecular formula is C21H35N3O3S. The molecule has 6 nitrogen and oxygen atoms in total. The summed E-state index contributed by atoms with van der Waals surface area (Å²) in [6.07, 6.45) is 3.24. The standard InChI is InChI=1S/C21H35N3O3S/c1-17(2)15-24(16-18(3)4)28(26,27)20-11-7-6-10-19(20)22-14-21(25)23-12-8-5-9-13-23/h6-7,10-11,17-18,22H,5,8-9,12-16H2,1-4H3. The highest BCUT2D eigenvalue weighted by molar-refractivity contribution is 7.89. The molecule has 0 saturated carbocycles. The topological polar surface area (TPSA) is 69.7 Å². The molecule has 1 aromatic rings. The Morgan fingerprint density at radius 3 is 2.18 bits per heavy atom. The number of para-hydroxylation sites is 1. The van der Waals surface area contributed by atoms with E-state index in [1.807, 2.05) is 32.6 Å². The maximum absolute atomic E-state index is 13.4. The average molecular weight is 410 g/mol. The molecule has 7 heteroatoms. The van der Waals surface area contributed by atoms with E-state index in [4.69, 9.17) is 0 Å². The van der Waals surface area contributed by atoms with Gasteiger partial charge < -0.3 is 10.2 Å². The number of benzene rings is 1. The van der Waals surface area contributed by atoms with E-state index in [0.29, 0.717) is 18.8 Å². The van der Waals surface area contributed by atoms with Gasteiger partial charge in [0.25, 0.3) is 0 Å². The molecule has 158 valence electrons. The Kier molecular flexibility index (Phi) is 8.31. The number of nitrogens with zero attached hydrogens (tertiary/aromatic N) is 2. The molecule has 1 N–H and O–H groups in total. The SMILES string of the molecule is CC(C)CN(CC(C)C)S(=O)(=O)c1ccccc1NCC(=O)N1CCCCC1. The van der Waals surface area contributed by atoms with Crippen molar-refractivity contribution in [3.8, 4) is 0 Å². The molecule has 1 amide bonds. The first kappa shape index (κ1) is 22.7. The second-order valence-electron chi connectivity index (χ2n) is 8.40. The minimum Gasteiger partial charge on any atom is -0.375 e. The number of rotatable bonds is 9. The van der Waals surface area contributed by atoms with Gasteiger partial charge in [-0.05, 0) is 43.2 Å². The van der Waals surface area contributed by atoms with Crippen LogP contribution in [0.15, 0.2) is 29.2 Å². The third-order valence-electron chi connectivity index (χ3n) is 4.78. The van der Waals surface area contributed by atoms with Crippen molar-refractivity contribution in [2.45, 2.75) is 51.9 Å². The first-order chi connectivity index (χ1) is 13.2. The number of carbonyl (C=O) groups is 1. The maximum atomic E-state index is 13.4. The van der Waals surface area contributed by atoms with E-state index in [-0.39, 0.29) is 29.2 Å². The first-order valence-corrected chi connectivity index (χ1v) is 11.8. The van der Waals surface area contributed by atoms with Gasteiger partial charge in [0, 0.05) is 26.2 Å². The van der Waals surface area contributed by atoms with Crippen LogP contribution < -0.4 is 5.32 Å². The Bertz CT molecular complexity index is 731. The largest absolute Gasteiger partial charge is 0.375 e. The van der Waals surface area contributed by atoms with Crippen molar-refractivity contribution < 1.29 is 13.2 Å². The van der Waals surface area contributed by atoms with Crippen molar-refractivity contribution in [1.82, 2.24) is 9.21 Å². The Hall–Kier alpha value is -1.60. The lowest BCUT2D eigenvalue weighted by molar-refractivity contribution is -0.130. The van der Waals surface area contributed by atoms with Crippen LogP contribution in [-0.2, 0) is 14.8 Å². The van der Waals surface area contributed by atoms with E-state index in [0.717, 1.165) is 25.9 Å². The van der Waals surface area contributed by atoms with Crippen LogP contribution in [0.3, 0.4) is 0 Å². The summed E-state index contributed by atoms with van der Waals surface area (Å²) in [5.74, 6) is 0.483. The minimum absolute atomic E-state index is 0.0214. The highest BCUT2D eigenvalue weighted by Gasteiger charge is 2.28. The molecule has 1 fully saturated rings. The lowest BCUT2D eigenvalue weighted by atomic mass is 10.1. The number of carbonyl (C=O) groups excluding carboxylic acids is 1. The summed E-state index contributed by atoms with van der Waals surface area (Å²) < 4.78 is 28.3. The molecule has 0 bridgehead atoms. The molecule has 2 rings (SSSR count). The summed E-state index contributed by atoms with van der Waals surface area (Å²) in [6, 6.07) is 6.88. The molecule has 1 heterocycles. The van der Waals surface area contributed by atoms with Crippen LogP contribution in [0.5, 0.6) is 0 Å². The van der Waals surface area contributed by atoms with Crippen molar-refractivity contribution in [3.05, 3.63) is 24.3 Å². The average Bonchev–Trinajstić information content (AvgIpc) is 2.65. The lowest BCUT2D eigenvalue weighted by Crippen LogP contribution is -2.39. The van der Waals surface area contributed by atoms with E-state index in [1.54, 1.807) is 28.6 Å². The van der Waals surface area contributed by atoms with Gasteiger partial charge >= 0.3 is 0 Å². The molecule has 0 aromatic heterocycles. The molecule has 1 aromatic carbocycles. The molecular weight excluding hydrogens is 374 g/mol. The van der Waals surface area contributed by atoms with Crippen molar-refractivity contribution >= 4 is 21.6 Å². The second-order valence-corrected chi connectivity index (χ2v) is 10.3. The van der Waals surface area contributed by atoms with Gasteiger partial charge in [-0.25, -0.2) is 8.42 Å². The molecule has 1 aliphatic heterocycles. The Labute approximate surface area is 170 Å². The summed E-state index contributed by atoms with van der Waals surface area (Å²) in [5, 5.41) is 3.08. The number of hydrogen-bond acceptors (Lipinski definition) is 4. The van der Waals surface area contributed by atoms with Gasteiger partial charge in [0.1, 0.15) is 4.90 Å². The summed E-state index contributed by atoms with van der Waals surface area (Å²) in [7, 11) is -3.65. The number of amides is 1. The van der Waals surface area contributed by atoms with Crippen LogP contribution in [-0.4, -0.2) is 56.3 Å². The number of anilines is 1. The van der Waals surface area contributed by atoms with Crippen LogP contribution in [0, 0.1) is 11.8 Å². The van der Waals surface area contributed by atoms with Crippen molar-refractivity contribution in [2.24, 2.45) is 11.8 Å². The van der Waals surface area contributed by atoms with Crippen molar-refractivity contribution in [2.75, 3.05) is 38.0 Å². The second kappa shape index (κ2) is 10.3. The van der Waals surface area contributed by atoms with E-state index in [9.17, 15) is 13.2 Å². The fourth-order valence-corrected chi connectivity index (χ4v) is 5.42. The smallest absolute Gasteiger partial charge is 0.245 e. The third kappa shape index (κ3) is 6.21. The van der Waals surface area contributed by atoms with Crippen LogP contribution >= 0.6 is 0 Å². The monoisotopic (exact) mass is 409 g/mol. The number of sulfonamides is 1. The van der Waals surface area contributed by atoms with E-state index in [1.165, 1.54) is 6.42 Å². The fourth-order valence-electron chi connectivity index (χ4n) is 3.49.